The Kier molecular flexibility index (Phi) is 6.55. The Morgan fingerprint density at radius 1 is 1.14 bits per heavy atom. The number of ether oxygens (including phenoxy) is 1. The van der Waals surface area contributed by atoms with Crippen molar-refractivity contribution in [1.29, 1.82) is 0 Å². The van der Waals surface area contributed by atoms with E-state index in [-0.39, 0.29) is 0 Å². The van der Waals surface area contributed by atoms with Crippen LogP contribution in [0.15, 0.2) is 46.9 Å². The number of nitrogens with one attached hydrogen (secondary N) is 1. The minimum absolute atomic E-state index is 0.475. The second-order valence-corrected chi connectivity index (χ2v) is 6.07. The fourth-order valence-electron chi connectivity index (χ4n) is 1.95. The smallest absolute Gasteiger partial charge is 0.120 e. The Bertz CT molecular complexity index is 589. The molecule has 0 bridgehead atoms. The van der Waals surface area contributed by atoms with E-state index in [4.69, 9.17) is 16.3 Å². The second kappa shape index (κ2) is 8.42. The van der Waals surface area contributed by atoms with E-state index in [2.05, 4.69) is 34.2 Å². The Morgan fingerprint density at radius 2 is 1.95 bits per heavy atom. The van der Waals surface area contributed by atoms with Crippen LogP contribution >= 0.6 is 27.5 Å². The molecule has 0 saturated carbocycles. The van der Waals surface area contributed by atoms with E-state index in [1.165, 1.54) is 5.56 Å². The Labute approximate surface area is 139 Å². The molecule has 0 radical (unpaired) electrons. The average Bonchev–Trinajstić information content (AvgIpc) is 2.49. The van der Waals surface area contributed by atoms with Gasteiger partial charge in [-0.1, -0.05) is 52.7 Å². The summed E-state index contributed by atoms with van der Waals surface area (Å²) in [4.78, 5) is 0. The number of hydrogen-bond acceptors (Lipinski definition) is 2. The molecule has 0 amide bonds. The van der Waals surface area contributed by atoms with Crippen LogP contribution in [0.5, 0.6) is 5.75 Å². The van der Waals surface area contributed by atoms with Gasteiger partial charge in [0.1, 0.15) is 12.4 Å². The molecule has 0 heterocycles. The molecule has 2 aromatic carbocycles. The fraction of sp³-hybridized carbons (Fsp3) is 0.294. The maximum Gasteiger partial charge on any atom is 0.120 e. The molecule has 112 valence electrons. The molecular weight excluding hydrogens is 350 g/mol. The van der Waals surface area contributed by atoms with Gasteiger partial charge in [0.2, 0.25) is 0 Å². The maximum atomic E-state index is 6.13. The largest absolute Gasteiger partial charge is 0.489 e. The van der Waals surface area contributed by atoms with Gasteiger partial charge in [-0.2, -0.15) is 0 Å². The molecule has 1 N–H and O–H groups in total. The Balaban J connectivity index is 2.00. The van der Waals surface area contributed by atoms with Gasteiger partial charge in [-0.3, -0.25) is 0 Å². The Morgan fingerprint density at radius 3 is 2.71 bits per heavy atom. The van der Waals surface area contributed by atoms with Crippen molar-refractivity contribution in [3.05, 3.63) is 63.1 Å². The third-order valence-corrected chi connectivity index (χ3v) is 4.25. The van der Waals surface area contributed by atoms with Crippen molar-refractivity contribution >= 4 is 27.5 Å². The van der Waals surface area contributed by atoms with Gasteiger partial charge in [0.15, 0.2) is 0 Å². The topological polar surface area (TPSA) is 21.3 Å². The molecule has 0 aromatic heterocycles. The zero-order chi connectivity index (χ0) is 15.1. The van der Waals surface area contributed by atoms with Crippen LogP contribution in [0.2, 0.25) is 5.02 Å². The summed E-state index contributed by atoms with van der Waals surface area (Å²) in [5, 5.41) is 4.13. The molecule has 0 spiro atoms. The highest BCUT2D eigenvalue weighted by Crippen LogP contribution is 2.24. The standard InChI is InChI=1S/C17H19BrClNO/c1-2-9-20-11-14-10-15(7-8-16(14)18)21-12-13-5-3-4-6-17(13)19/h3-8,10,20H,2,9,11-12H2,1H3. The first-order valence-electron chi connectivity index (χ1n) is 7.06. The summed E-state index contributed by atoms with van der Waals surface area (Å²) < 4.78 is 6.94. The molecule has 21 heavy (non-hydrogen) atoms. The summed E-state index contributed by atoms with van der Waals surface area (Å²) in [6.07, 6.45) is 1.13. The molecule has 0 aliphatic rings. The minimum Gasteiger partial charge on any atom is -0.489 e. The first-order chi connectivity index (χ1) is 10.2. The number of hydrogen-bond donors (Lipinski definition) is 1. The van der Waals surface area contributed by atoms with Gasteiger partial charge in [-0.15, -0.1) is 0 Å². The molecule has 4 heteroatoms. The van der Waals surface area contributed by atoms with Crippen LogP contribution in [0.3, 0.4) is 0 Å². The first-order valence-corrected chi connectivity index (χ1v) is 8.23. The van der Waals surface area contributed by atoms with Gasteiger partial charge in [-0.25, -0.2) is 0 Å². The summed E-state index contributed by atoms with van der Waals surface area (Å²) >= 11 is 9.71. The summed E-state index contributed by atoms with van der Waals surface area (Å²) in [5.74, 6) is 0.853. The summed E-state index contributed by atoms with van der Waals surface area (Å²) in [5.41, 5.74) is 2.19. The lowest BCUT2D eigenvalue weighted by Crippen LogP contribution is -2.14. The predicted octanol–water partition coefficient (Wildman–Crippen LogP) is 5.18. The van der Waals surface area contributed by atoms with Gasteiger partial charge >= 0.3 is 0 Å². The molecule has 0 fully saturated rings. The lowest BCUT2D eigenvalue weighted by Gasteiger charge is -2.11. The van der Waals surface area contributed by atoms with E-state index in [9.17, 15) is 0 Å². The van der Waals surface area contributed by atoms with Crippen LogP contribution in [0.4, 0.5) is 0 Å². The molecule has 2 rings (SSSR count). The molecule has 0 aliphatic heterocycles. The molecule has 2 aromatic rings. The van der Waals surface area contributed by atoms with Crippen LogP contribution in [0.25, 0.3) is 0 Å². The van der Waals surface area contributed by atoms with Crippen LogP contribution in [0, 0.1) is 0 Å². The van der Waals surface area contributed by atoms with Crippen molar-refractivity contribution in [2.24, 2.45) is 0 Å². The van der Waals surface area contributed by atoms with Crippen LogP contribution in [0.1, 0.15) is 24.5 Å². The SMILES string of the molecule is CCCNCc1cc(OCc2ccccc2Cl)ccc1Br. The Hall–Kier alpha value is -1.03. The highest BCUT2D eigenvalue weighted by Gasteiger charge is 2.04. The van der Waals surface area contributed by atoms with Crippen molar-refractivity contribution in [2.75, 3.05) is 6.54 Å². The van der Waals surface area contributed by atoms with E-state index < -0.39 is 0 Å². The first kappa shape index (κ1) is 16.3. The quantitative estimate of drug-likeness (QED) is 0.680. The monoisotopic (exact) mass is 367 g/mol. The van der Waals surface area contributed by atoms with Crippen LogP contribution < -0.4 is 10.1 Å². The van der Waals surface area contributed by atoms with Crippen molar-refractivity contribution in [3.63, 3.8) is 0 Å². The van der Waals surface area contributed by atoms with E-state index in [0.717, 1.165) is 40.3 Å². The molecule has 2 nitrogen and oxygen atoms in total. The molecule has 0 aliphatic carbocycles. The van der Waals surface area contributed by atoms with Gasteiger partial charge in [0, 0.05) is 21.6 Å². The number of benzene rings is 2. The van der Waals surface area contributed by atoms with Gasteiger partial charge in [0.05, 0.1) is 0 Å². The number of rotatable bonds is 7. The van der Waals surface area contributed by atoms with E-state index in [1.807, 2.05) is 36.4 Å². The lowest BCUT2D eigenvalue weighted by molar-refractivity contribution is 0.306. The lowest BCUT2D eigenvalue weighted by atomic mass is 10.2. The van der Waals surface area contributed by atoms with Gasteiger partial charge in [0.25, 0.3) is 0 Å². The van der Waals surface area contributed by atoms with E-state index in [1.54, 1.807) is 0 Å². The maximum absolute atomic E-state index is 6.13. The average molecular weight is 369 g/mol. The van der Waals surface area contributed by atoms with Crippen molar-refractivity contribution < 1.29 is 4.74 Å². The van der Waals surface area contributed by atoms with Crippen LogP contribution in [-0.4, -0.2) is 6.54 Å². The third kappa shape index (κ3) is 5.03. The highest BCUT2D eigenvalue weighted by molar-refractivity contribution is 9.10. The predicted molar refractivity (Wildman–Crippen MR) is 91.9 cm³/mol. The van der Waals surface area contributed by atoms with Crippen molar-refractivity contribution in [2.45, 2.75) is 26.5 Å². The van der Waals surface area contributed by atoms with Crippen LogP contribution in [-0.2, 0) is 13.2 Å². The third-order valence-electron chi connectivity index (χ3n) is 3.11. The zero-order valence-corrected chi connectivity index (χ0v) is 14.4. The molecular formula is C17H19BrClNO. The van der Waals surface area contributed by atoms with Crippen molar-refractivity contribution in [1.82, 2.24) is 5.32 Å². The molecule has 0 atom stereocenters. The minimum atomic E-state index is 0.475. The normalized spacial score (nSPS) is 10.6. The number of halogens is 2. The summed E-state index contributed by atoms with van der Waals surface area (Å²) in [6.45, 7) is 4.48. The fourth-order valence-corrected chi connectivity index (χ4v) is 2.53. The van der Waals surface area contributed by atoms with E-state index >= 15 is 0 Å². The van der Waals surface area contributed by atoms with Gasteiger partial charge < -0.3 is 10.1 Å². The zero-order valence-electron chi connectivity index (χ0n) is 12.0. The molecule has 0 unspecified atom stereocenters. The van der Waals surface area contributed by atoms with Crippen molar-refractivity contribution in [3.8, 4) is 5.75 Å². The second-order valence-electron chi connectivity index (χ2n) is 4.81. The summed E-state index contributed by atoms with van der Waals surface area (Å²) in [7, 11) is 0. The van der Waals surface area contributed by atoms with E-state index in [0.29, 0.717) is 6.61 Å². The van der Waals surface area contributed by atoms with Gasteiger partial charge in [-0.05, 0) is 42.8 Å². The molecule has 0 saturated heterocycles. The highest BCUT2D eigenvalue weighted by atomic mass is 79.9. The summed E-state index contributed by atoms with van der Waals surface area (Å²) in [6, 6.07) is 13.8.